The van der Waals surface area contributed by atoms with Crippen molar-refractivity contribution in [3.63, 3.8) is 0 Å². The minimum absolute atomic E-state index is 0.396. The highest BCUT2D eigenvalue weighted by Gasteiger charge is 2.14. The molecular weight excluding hydrogens is 208 g/mol. The van der Waals surface area contributed by atoms with E-state index in [2.05, 4.69) is 63.5 Å². The molecule has 17 heavy (non-hydrogen) atoms. The molecule has 0 radical (unpaired) electrons. The van der Waals surface area contributed by atoms with Crippen LogP contribution in [0, 0.1) is 0 Å². The molecule has 2 N–H and O–H groups in total. The summed E-state index contributed by atoms with van der Waals surface area (Å²) < 4.78 is 0. The van der Waals surface area contributed by atoms with Crippen molar-refractivity contribution in [3.8, 4) is 0 Å². The molecule has 0 aliphatic carbocycles. The largest absolute Gasteiger partial charge is 0.385 e. The van der Waals surface area contributed by atoms with Crippen LogP contribution in [0.3, 0.4) is 0 Å². The van der Waals surface area contributed by atoms with E-state index in [1.807, 2.05) is 0 Å². The Kier molecular flexibility index (Phi) is 5.49. The summed E-state index contributed by atoms with van der Waals surface area (Å²) in [5, 5.41) is 7.01. The van der Waals surface area contributed by atoms with Gasteiger partial charge in [-0.05, 0) is 37.4 Å². The lowest BCUT2D eigenvalue weighted by atomic mass is 9.95. The summed E-state index contributed by atoms with van der Waals surface area (Å²) in [6, 6.07) is 7.01. The van der Waals surface area contributed by atoms with E-state index in [1.54, 1.807) is 0 Å². The van der Waals surface area contributed by atoms with Crippen molar-refractivity contribution in [1.82, 2.24) is 5.32 Å². The lowest BCUT2D eigenvalue weighted by Gasteiger charge is -2.22. The second-order valence-electron chi connectivity index (χ2n) is 4.78. The molecule has 1 atom stereocenters. The van der Waals surface area contributed by atoms with E-state index >= 15 is 0 Å². The summed E-state index contributed by atoms with van der Waals surface area (Å²) in [4.78, 5) is 0. The van der Waals surface area contributed by atoms with Gasteiger partial charge in [0.15, 0.2) is 0 Å². The van der Waals surface area contributed by atoms with Gasteiger partial charge in [-0.1, -0.05) is 39.0 Å². The highest BCUT2D eigenvalue weighted by Crippen LogP contribution is 2.31. The summed E-state index contributed by atoms with van der Waals surface area (Å²) in [6.07, 6.45) is 0. The van der Waals surface area contributed by atoms with Gasteiger partial charge in [-0.15, -0.1) is 0 Å². The fraction of sp³-hybridized carbons (Fsp3) is 0.600. The summed E-state index contributed by atoms with van der Waals surface area (Å²) in [5.74, 6) is 0.554. The second kappa shape index (κ2) is 6.65. The summed E-state index contributed by atoms with van der Waals surface area (Å²) >= 11 is 0. The molecular formula is C15H26N2. The minimum Gasteiger partial charge on any atom is -0.385 e. The maximum Gasteiger partial charge on any atom is 0.0423 e. The Labute approximate surface area is 106 Å². The molecule has 0 aliphatic heterocycles. The van der Waals surface area contributed by atoms with Crippen LogP contribution >= 0.6 is 0 Å². The Bertz CT molecular complexity index is 345. The summed E-state index contributed by atoms with van der Waals surface area (Å²) in [7, 11) is 0. The Balaban J connectivity index is 3.14. The highest BCUT2D eigenvalue weighted by atomic mass is 14.9. The van der Waals surface area contributed by atoms with Gasteiger partial charge in [0, 0.05) is 18.3 Å². The zero-order valence-corrected chi connectivity index (χ0v) is 11.8. The topological polar surface area (TPSA) is 24.1 Å². The molecule has 0 amide bonds. The molecule has 2 nitrogen and oxygen atoms in total. The first-order valence-corrected chi connectivity index (χ1v) is 6.71. The quantitative estimate of drug-likeness (QED) is 0.779. The molecule has 0 bridgehead atoms. The summed E-state index contributed by atoms with van der Waals surface area (Å²) in [6.45, 7) is 13.0. The third-order valence-corrected chi connectivity index (χ3v) is 3.08. The summed E-state index contributed by atoms with van der Waals surface area (Å²) in [5.41, 5.74) is 4.10. The molecule has 96 valence electrons. The molecule has 0 saturated heterocycles. The van der Waals surface area contributed by atoms with Crippen LogP contribution in [0.25, 0.3) is 0 Å². The maximum atomic E-state index is 3.53. The molecule has 1 aromatic carbocycles. The van der Waals surface area contributed by atoms with E-state index in [9.17, 15) is 0 Å². The number of para-hydroxylation sites is 1. The molecule has 1 aromatic rings. The zero-order chi connectivity index (χ0) is 12.8. The van der Waals surface area contributed by atoms with Crippen LogP contribution in [0.4, 0.5) is 5.69 Å². The lowest BCUT2D eigenvalue weighted by molar-refractivity contribution is 0.598. The number of hydrogen-bond acceptors (Lipinski definition) is 2. The number of nitrogens with one attached hydrogen (secondary N) is 2. The van der Waals surface area contributed by atoms with E-state index in [1.165, 1.54) is 16.8 Å². The Hall–Kier alpha value is -1.02. The van der Waals surface area contributed by atoms with Crippen LogP contribution in [0.2, 0.25) is 0 Å². The van der Waals surface area contributed by atoms with Crippen LogP contribution in [0.5, 0.6) is 0 Å². The van der Waals surface area contributed by atoms with Crippen molar-refractivity contribution >= 4 is 5.69 Å². The highest BCUT2D eigenvalue weighted by molar-refractivity contribution is 5.60. The van der Waals surface area contributed by atoms with E-state index in [0.717, 1.165) is 13.1 Å². The standard InChI is InChI=1S/C15H26N2/c1-6-16-12(5)14-10-8-9-13(11(3)4)15(14)17-7-2/h8-12,16-17H,6-7H2,1-5H3. The van der Waals surface area contributed by atoms with Gasteiger partial charge >= 0.3 is 0 Å². The van der Waals surface area contributed by atoms with Gasteiger partial charge < -0.3 is 10.6 Å². The molecule has 0 heterocycles. The van der Waals surface area contributed by atoms with Crippen molar-refractivity contribution in [2.24, 2.45) is 0 Å². The van der Waals surface area contributed by atoms with Gasteiger partial charge in [-0.2, -0.15) is 0 Å². The molecule has 0 aliphatic rings. The maximum absolute atomic E-state index is 3.53. The van der Waals surface area contributed by atoms with Gasteiger partial charge in [0.2, 0.25) is 0 Å². The molecule has 1 unspecified atom stereocenters. The normalized spacial score (nSPS) is 12.8. The average Bonchev–Trinajstić information content (AvgIpc) is 2.29. The third-order valence-electron chi connectivity index (χ3n) is 3.08. The van der Waals surface area contributed by atoms with Gasteiger partial charge in [0.05, 0.1) is 0 Å². The predicted octanol–water partition coefficient (Wildman–Crippen LogP) is 3.91. The Morgan fingerprint density at radius 3 is 2.18 bits per heavy atom. The fourth-order valence-corrected chi connectivity index (χ4v) is 2.23. The molecule has 0 fully saturated rings. The smallest absolute Gasteiger partial charge is 0.0423 e. The van der Waals surface area contributed by atoms with Gasteiger partial charge in [-0.3, -0.25) is 0 Å². The van der Waals surface area contributed by atoms with E-state index in [4.69, 9.17) is 0 Å². The fourth-order valence-electron chi connectivity index (χ4n) is 2.23. The zero-order valence-electron chi connectivity index (χ0n) is 11.8. The van der Waals surface area contributed by atoms with Gasteiger partial charge in [-0.25, -0.2) is 0 Å². The van der Waals surface area contributed by atoms with Gasteiger partial charge in [0.1, 0.15) is 0 Å². The van der Waals surface area contributed by atoms with E-state index < -0.39 is 0 Å². The first-order valence-electron chi connectivity index (χ1n) is 6.71. The molecule has 0 spiro atoms. The number of rotatable bonds is 6. The van der Waals surface area contributed by atoms with Crippen LogP contribution in [-0.4, -0.2) is 13.1 Å². The Morgan fingerprint density at radius 2 is 1.65 bits per heavy atom. The molecule has 2 heteroatoms. The minimum atomic E-state index is 0.396. The first kappa shape index (κ1) is 14.0. The number of benzene rings is 1. The lowest BCUT2D eigenvalue weighted by Crippen LogP contribution is -2.20. The van der Waals surface area contributed by atoms with Crippen LogP contribution in [-0.2, 0) is 0 Å². The SMILES string of the molecule is CCNc1c(C(C)C)cccc1C(C)NCC. The monoisotopic (exact) mass is 234 g/mol. The van der Waals surface area contributed by atoms with Crippen molar-refractivity contribution in [2.45, 2.75) is 46.6 Å². The number of anilines is 1. The number of hydrogen-bond donors (Lipinski definition) is 2. The molecule has 0 aromatic heterocycles. The van der Waals surface area contributed by atoms with Crippen molar-refractivity contribution < 1.29 is 0 Å². The van der Waals surface area contributed by atoms with Crippen molar-refractivity contribution in [1.29, 1.82) is 0 Å². The predicted molar refractivity (Wildman–Crippen MR) is 76.8 cm³/mol. The van der Waals surface area contributed by atoms with Crippen molar-refractivity contribution in [2.75, 3.05) is 18.4 Å². The van der Waals surface area contributed by atoms with Gasteiger partial charge in [0.25, 0.3) is 0 Å². The second-order valence-corrected chi connectivity index (χ2v) is 4.78. The van der Waals surface area contributed by atoms with E-state index in [-0.39, 0.29) is 0 Å². The third kappa shape index (κ3) is 3.47. The van der Waals surface area contributed by atoms with Crippen LogP contribution < -0.4 is 10.6 Å². The Morgan fingerprint density at radius 1 is 1.00 bits per heavy atom. The van der Waals surface area contributed by atoms with Crippen LogP contribution in [0.1, 0.15) is 57.7 Å². The van der Waals surface area contributed by atoms with E-state index in [0.29, 0.717) is 12.0 Å². The van der Waals surface area contributed by atoms with Crippen LogP contribution in [0.15, 0.2) is 18.2 Å². The van der Waals surface area contributed by atoms with Crippen molar-refractivity contribution in [3.05, 3.63) is 29.3 Å². The first-order chi connectivity index (χ1) is 8.11. The average molecular weight is 234 g/mol. The molecule has 0 saturated carbocycles. The molecule has 1 rings (SSSR count).